The first kappa shape index (κ1) is 18.1. The molecule has 3 nitrogen and oxygen atoms in total. The van der Waals surface area contributed by atoms with E-state index >= 15 is 0 Å². The number of likely N-dealkylation sites (tertiary alicyclic amines) is 1. The molecule has 0 bridgehead atoms. The van der Waals surface area contributed by atoms with Crippen LogP contribution in [-0.2, 0) is 16.0 Å². The van der Waals surface area contributed by atoms with E-state index < -0.39 is 0 Å². The lowest BCUT2D eigenvalue weighted by Crippen LogP contribution is -2.49. The van der Waals surface area contributed by atoms with E-state index in [1.165, 1.54) is 17.9 Å². The number of thioether (sulfide) groups is 1. The van der Waals surface area contributed by atoms with Crippen molar-refractivity contribution in [2.75, 3.05) is 31.2 Å². The van der Waals surface area contributed by atoms with Crippen molar-refractivity contribution in [1.29, 1.82) is 0 Å². The van der Waals surface area contributed by atoms with Gasteiger partial charge in [-0.15, -0.1) is 0 Å². The molecule has 0 aliphatic carbocycles. The van der Waals surface area contributed by atoms with Gasteiger partial charge in [-0.3, -0.25) is 9.69 Å². The monoisotopic (exact) mass is 367 g/mol. The van der Waals surface area contributed by atoms with Gasteiger partial charge in [-0.25, -0.2) is 0 Å². The summed E-state index contributed by atoms with van der Waals surface area (Å²) in [6.07, 6.45) is 3.80. The maximum atomic E-state index is 12.7. The maximum absolute atomic E-state index is 12.7. The number of benzene rings is 1. The second-order valence-electron chi connectivity index (χ2n) is 6.86. The summed E-state index contributed by atoms with van der Waals surface area (Å²) in [4.78, 5) is 15.3. The van der Waals surface area contributed by atoms with Crippen molar-refractivity contribution in [1.82, 2.24) is 4.90 Å². The third kappa shape index (κ3) is 4.09. The summed E-state index contributed by atoms with van der Waals surface area (Å²) >= 11 is 8.04. The van der Waals surface area contributed by atoms with Gasteiger partial charge in [0.25, 0.3) is 0 Å². The predicted molar refractivity (Wildman–Crippen MR) is 101 cm³/mol. The molecule has 0 spiro atoms. The molecule has 5 heteroatoms. The zero-order chi connectivity index (χ0) is 17.0. The molecular formula is C19H26ClNO2S. The average molecular weight is 368 g/mol. The summed E-state index contributed by atoms with van der Waals surface area (Å²) in [5, 5.41) is 0.734. The van der Waals surface area contributed by atoms with Gasteiger partial charge in [-0.05, 0) is 69.1 Å². The van der Waals surface area contributed by atoms with Gasteiger partial charge in [0.2, 0.25) is 0 Å². The average Bonchev–Trinajstić information content (AvgIpc) is 3.12. The maximum Gasteiger partial charge on any atom is 0.312 e. The zero-order valence-corrected chi connectivity index (χ0v) is 15.9. The Balaban J connectivity index is 1.72. The molecule has 1 aromatic rings. The van der Waals surface area contributed by atoms with Gasteiger partial charge in [0.1, 0.15) is 0 Å². The third-order valence-electron chi connectivity index (χ3n) is 5.34. The molecule has 1 aromatic carbocycles. The lowest BCUT2D eigenvalue weighted by atomic mass is 9.73. The molecule has 3 rings (SSSR count). The second-order valence-corrected chi connectivity index (χ2v) is 8.44. The fraction of sp³-hybridized carbons (Fsp3) is 0.632. The minimum absolute atomic E-state index is 0.0274. The van der Waals surface area contributed by atoms with E-state index in [1.807, 2.05) is 43.0 Å². The molecule has 24 heavy (non-hydrogen) atoms. The van der Waals surface area contributed by atoms with E-state index in [4.69, 9.17) is 16.3 Å². The Morgan fingerprint density at radius 2 is 2.04 bits per heavy atom. The SMILES string of the molecule is CCOC(=O)C1(Cc2ccc(Cl)cc2)CCN([C@H]2CCSC2)CC1. The minimum Gasteiger partial charge on any atom is -0.466 e. The Hall–Kier alpha value is -0.710. The molecule has 0 unspecified atom stereocenters. The molecule has 2 saturated heterocycles. The number of hydrogen-bond donors (Lipinski definition) is 0. The molecule has 2 fully saturated rings. The third-order valence-corrected chi connectivity index (χ3v) is 6.74. The van der Waals surface area contributed by atoms with Crippen molar-refractivity contribution in [3.05, 3.63) is 34.9 Å². The largest absolute Gasteiger partial charge is 0.466 e. The van der Waals surface area contributed by atoms with Gasteiger partial charge in [-0.1, -0.05) is 23.7 Å². The number of esters is 1. The summed E-state index contributed by atoms with van der Waals surface area (Å²) in [6.45, 7) is 4.33. The number of rotatable bonds is 5. The predicted octanol–water partition coefficient (Wildman–Crippen LogP) is 4.03. The van der Waals surface area contributed by atoms with Crippen LogP contribution in [-0.4, -0.2) is 48.1 Å². The highest BCUT2D eigenvalue weighted by atomic mass is 35.5. The van der Waals surface area contributed by atoms with Gasteiger partial charge in [0.15, 0.2) is 0 Å². The number of ether oxygens (including phenoxy) is 1. The van der Waals surface area contributed by atoms with Crippen LogP contribution in [0.2, 0.25) is 5.02 Å². The minimum atomic E-state index is -0.383. The van der Waals surface area contributed by atoms with E-state index in [0.29, 0.717) is 12.6 Å². The Bertz CT molecular complexity index is 549. The first-order valence-corrected chi connectivity index (χ1v) is 10.4. The van der Waals surface area contributed by atoms with Crippen LogP contribution < -0.4 is 0 Å². The van der Waals surface area contributed by atoms with Crippen LogP contribution >= 0.6 is 23.4 Å². The molecule has 0 saturated carbocycles. The molecule has 2 aliphatic heterocycles. The van der Waals surface area contributed by atoms with Gasteiger partial charge >= 0.3 is 5.97 Å². The lowest BCUT2D eigenvalue weighted by molar-refractivity contribution is -0.159. The van der Waals surface area contributed by atoms with Gasteiger partial charge in [0, 0.05) is 16.8 Å². The van der Waals surface area contributed by atoms with Crippen LogP contribution in [0.1, 0.15) is 31.7 Å². The van der Waals surface area contributed by atoms with Crippen molar-refractivity contribution in [2.24, 2.45) is 5.41 Å². The zero-order valence-electron chi connectivity index (χ0n) is 14.3. The van der Waals surface area contributed by atoms with Crippen molar-refractivity contribution >= 4 is 29.3 Å². The molecule has 0 amide bonds. The van der Waals surface area contributed by atoms with Crippen molar-refractivity contribution in [3.8, 4) is 0 Å². The quantitative estimate of drug-likeness (QED) is 0.735. The van der Waals surface area contributed by atoms with Crippen LogP contribution in [0.3, 0.4) is 0 Å². The molecular weight excluding hydrogens is 342 g/mol. The van der Waals surface area contributed by atoms with Crippen LogP contribution in [0, 0.1) is 5.41 Å². The topological polar surface area (TPSA) is 29.5 Å². The molecule has 2 aliphatic rings. The van der Waals surface area contributed by atoms with E-state index in [2.05, 4.69) is 4.90 Å². The van der Waals surface area contributed by atoms with Crippen LogP contribution in [0.5, 0.6) is 0 Å². The Labute approximate surface area is 154 Å². The Morgan fingerprint density at radius 1 is 1.33 bits per heavy atom. The Kier molecular flexibility index (Phi) is 6.12. The first-order valence-electron chi connectivity index (χ1n) is 8.86. The van der Waals surface area contributed by atoms with Crippen LogP contribution in [0.15, 0.2) is 24.3 Å². The highest BCUT2D eigenvalue weighted by Gasteiger charge is 2.44. The summed E-state index contributed by atoms with van der Waals surface area (Å²) in [5.74, 6) is 2.49. The summed E-state index contributed by atoms with van der Waals surface area (Å²) in [7, 11) is 0. The van der Waals surface area contributed by atoms with Crippen LogP contribution in [0.25, 0.3) is 0 Å². The van der Waals surface area contributed by atoms with E-state index in [9.17, 15) is 4.79 Å². The molecule has 2 heterocycles. The van der Waals surface area contributed by atoms with Crippen LogP contribution in [0.4, 0.5) is 0 Å². The van der Waals surface area contributed by atoms with E-state index in [0.717, 1.165) is 42.9 Å². The number of carbonyl (C=O) groups excluding carboxylic acids is 1. The summed E-state index contributed by atoms with van der Waals surface area (Å²) < 4.78 is 5.45. The smallest absolute Gasteiger partial charge is 0.312 e. The molecule has 0 N–H and O–H groups in total. The number of nitrogens with zero attached hydrogens (tertiary/aromatic N) is 1. The highest BCUT2D eigenvalue weighted by Crippen LogP contribution is 2.38. The molecule has 0 radical (unpaired) electrons. The number of piperidine rings is 1. The van der Waals surface area contributed by atoms with Crippen molar-refractivity contribution in [3.63, 3.8) is 0 Å². The number of carbonyl (C=O) groups is 1. The standard InChI is InChI=1S/C19H26ClNO2S/c1-2-23-18(22)19(13-15-3-5-16(20)6-4-15)8-10-21(11-9-19)17-7-12-24-14-17/h3-6,17H,2,7-14H2,1H3/t17-/m0/s1. The van der Waals surface area contributed by atoms with E-state index in [-0.39, 0.29) is 11.4 Å². The summed E-state index contributed by atoms with van der Waals surface area (Å²) in [6, 6.07) is 8.57. The summed E-state index contributed by atoms with van der Waals surface area (Å²) in [5.41, 5.74) is 0.781. The van der Waals surface area contributed by atoms with Crippen molar-refractivity contribution < 1.29 is 9.53 Å². The number of hydrogen-bond acceptors (Lipinski definition) is 4. The van der Waals surface area contributed by atoms with Gasteiger partial charge in [-0.2, -0.15) is 11.8 Å². The fourth-order valence-corrected chi connectivity index (χ4v) is 5.24. The first-order chi connectivity index (χ1) is 11.6. The Morgan fingerprint density at radius 3 is 2.62 bits per heavy atom. The van der Waals surface area contributed by atoms with Gasteiger partial charge in [0.05, 0.1) is 12.0 Å². The number of halogens is 1. The van der Waals surface area contributed by atoms with Gasteiger partial charge < -0.3 is 4.74 Å². The highest BCUT2D eigenvalue weighted by molar-refractivity contribution is 7.99. The molecule has 132 valence electrons. The molecule has 0 aromatic heterocycles. The second kappa shape index (κ2) is 8.11. The normalized spacial score (nSPS) is 24.0. The molecule has 1 atom stereocenters. The van der Waals surface area contributed by atoms with Crippen molar-refractivity contribution in [2.45, 2.75) is 38.6 Å². The van der Waals surface area contributed by atoms with E-state index in [1.54, 1.807) is 0 Å². The lowest BCUT2D eigenvalue weighted by Gasteiger charge is -2.42. The fourth-order valence-electron chi connectivity index (χ4n) is 3.86.